The normalized spacial score (nSPS) is 11.7. The van der Waals surface area contributed by atoms with Crippen LogP contribution in [0.3, 0.4) is 0 Å². The van der Waals surface area contributed by atoms with Crippen molar-refractivity contribution in [3.63, 3.8) is 0 Å². The van der Waals surface area contributed by atoms with Crippen molar-refractivity contribution in [1.82, 2.24) is 10.3 Å². The Morgan fingerprint density at radius 1 is 1.26 bits per heavy atom. The molecule has 0 fully saturated rings. The lowest BCUT2D eigenvalue weighted by Crippen LogP contribution is -2.24. The minimum absolute atomic E-state index is 0.165. The van der Waals surface area contributed by atoms with Gasteiger partial charge in [-0.3, -0.25) is 0 Å². The molecule has 2 aromatic rings. The SMILES string of the molecule is CNC(=O)Nc1ccc(NC(C)c2nccs2)cc1. The largest absolute Gasteiger partial charge is 0.376 e. The molecule has 0 radical (unpaired) electrons. The predicted molar refractivity (Wildman–Crippen MR) is 78.7 cm³/mol. The number of thiazole rings is 1. The fraction of sp³-hybridized carbons (Fsp3) is 0.231. The Kier molecular flexibility index (Phi) is 4.35. The van der Waals surface area contributed by atoms with Gasteiger partial charge in [0, 0.05) is 30.0 Å². The standard InChI is InChI=1S/C13H16N4OS/c1-9(12-15-7-8-19-12)16-10-3-5-11(6-4-10)17-13(18)14-2/h3-9,16H,1-2H3,(H2,14,17,18). The van der Waals surface area contributed by atoms with Crippen molar-refractivity contribution >= 4 is 28.7 Å². The van der Waals surface area contributed by atoms with Crippen LogP contribution in [0.1, 0.15) is 18.0 Å². The average molecular weight is 276 g/mol. The van der Waals surface area contributed by atoms with E-state index >= 15 is 0 Å². The molecule has 2 amide bonds. The second kappa shape index (κ2) is 6.19. The summed E-state index contributed by atoms with van der Waals surface area (Å²) in [5.74, 6) is 0. The first kappa shape index (κ1) is 13.4. The second-order valence-corrected chi connectivity index (χ2v) is 4.94. The van der Waals surface area contributed by atoms with Gasteiger partial charge in [-0.05, 0) is 31.2 Å². The first-order valence-electron chi connectivity index (χ1n) is 5.94. The minimum Gasteiger partial charge on any atom is -0.376 e. The van der Waals surface area contributed by atoms with E-state index in [1.807, 2.05) is 29.6 Å². The lowest BCUT2D eigenvalue weighted by Gasteiger charge is -2.13. The molecule has 1 heterocycles. The van der Waals surface area contributed by atoms with Crippen LogP contribution in [-0.4, -0.2) is 18.1 Å². The zero-order valence-electron chi connectivity index (χ0n) is 10.8. The number of carbonyl (C=O) groups is 1. The number of nitrogens with one attached hydrogen (secondary N) is 3. The molecule has 0 aliphatic heterocycles. The lowest BCUT2D eigenvalue weighted by molar-refractivity contribution is 0.254. The Morgan fingerprint density at radius 2 is 1.95 bits per heavy atom. The molecule has 3 N–H and O–H groups in total. The van der Waals surface area contributed by atoms with E-state index in [4.69, 9.17) is 0 Å². The molecule has 6 heteroatoms. The van der Waals surface area contributed by atoms with Crippen LogP contribution in [0.2, 0.25) is 0 Å². The first-order chi connectivity index (χ1) is 9.19. The lowest BCUT2D eigenvalue weighted by atomic mass is 10.2. The van der Waals surface area contributed by atoms with Crippen LogP contribution in [0, 0.1) is 0 Å². The Morgan fingerprint density at radius 3 is 2.53 bits per heavy atom. The van der Waals surface area contributed by atoms with Gasteiger partial charge in [-0.2, -0.15) is 0 Å². The van der Waals surface area contributed by atoms with Crippen LogP contribution >= 0.6 is 11.3 Å². The highest BCUT2D eigenvalue weighted by Crippen LogP contribution is 2.21. The smallest absolute Gasteiger partial charge is 0.318 e. The van der Waals surface area contributed by atoms with Gasteiger partial charge in [-0.25, -0.2) is 9.78 Å². The van der Waals surface area contributed by atoms with Gasteiger partial charge < -0.3 is 16.0 Å². The van der Waals surface area contributed by atoms with Crippen molar-refractivity contribution in [1.29, 1.82) is 0 Å². The van der Waals surface area contributed by atoms with E-state index in [-0.39, 0.29) is 12.1 Å². The number of nitrogens with zero attached hydrogens (tertiary/aromatic N) is 1. The van der Waals surface area contributed by atoms with Gasteiger partial charge in [0.2, 0.25) is 0 Å². The Labute approximate surface area is 116 Å². The van der Waals surface area contributed by atoms with Crippen LogP contribution in [0.5, 0.6) is 0 Å². The molecule has 0 saturated heterocycles. The van der Waals surface area contributed by atoms with E-state index in [2.05, 4.69) is 27.9 Å². The maximum absolute atomic E-state index is 11.2. The third-order valence-electron chi connectivity index (χ3n) is 2.57. The van der Waals surface area contributed by atoms with Crippen molar-refractivity contribution in [2.75, 3.05) is 17.7 Å². The van der Waals surface area contributed by atoms with Crippen LogP contribution in [0.25, 0.3) is 0 Å². The van der Waals surface area contributed by atoms with Gasteiger partial charge in [0.25, 0.3) is 0 Å². The molecule has 0 bridgehead atoms. The molecular weight excluding hydrogens is 260 g/mol. The van der Waals surface area contributed by atoms with Gasteiger partial charge in [0.05, 0.1) is 6.04 Å². The van der Waals surface area contributed by atoms with Crippen molar-refractivity contribution < 1.29 is 4.79 Å². The number of rotatable bonds is 4. The summed E-state index contributed by atoms with van der Waals surface area (Å²) in [7, 11) is 1.58. The molecular formula is C13H16N4OS. The minimum atomic E-state index is -0.225. The summed E-state index contributed by atoms with van der Waals surface area (Å²) >= 11 is 1.63. The number of hydrogen-bond acceptors (Lipinski definition) is 4. The number of urea groups is 1. The molecule has 1 atom stereocenters. The van der Waals surface area contributed by atoms with Crippen molar-refractivity contribution in [2.45, 2.75) is 13.0 Å². The molecule has 5 nitrogen and oxygen atoms in total. The van der Waals surface area contributed by atoms with Crippen molar-refractivity contribution in [2.24, 2.45) is 0 Å². The van der Waals surface area contributed by atoms with Crippen LogP contribution in [0.15, 0.2) is 35.8 Å². The van der Waals surface area contributed by atoms with Crippen LogP contribution < -0.4 is 16.0 Å². The third-order valence-corrected chi connectivity index (χ3v) is 3.53. The predicted octanol–water partition coefficient (Wildman–Crippen LogP) is 3.07. The summed E-state index contributed by atoms with van der Waals surface area (Å²) in [5, 5.41) is 11.6. The van der Waals surface area contributed by atoms with E-state index in [1.165, 1.54) is 0 Å². The maximum atomic E-state index is 11.2. The van der Waals surface area contributed by atoms with Gasteiger partial charge in [-0.1, -0.05) is 0 Å². The summed E-state index contributed by atoms with van der Waals surface area (Å²) in [6, 6.07) is 7.50. The quantitative estimate of drug-likeness (QED) is 0.804. The van der Waals surface area contributed by atoms with E-state index in [0.29, 0.717) is 0 Å². The summed E-state index contributed by atoms with van der Waals surface area (Å²) in [4.78, 5) is 15.4. The van der Waals surface area contributed by atoms with E-state index in [0.717, 1.165) is 16.4 Å². The molecule has 2 rings (SSSR count). The summed E-state index contributed by atoms with van der Waals surface area (Å²) in [6.45, 7) is 2.07. The number of amides is 2. The topological polar surface area (TPSA) is 66.1 Å². The fourth-order valence-corrected chi connectivity index (χ4v) is 2.25. The van der Waals surface area contributed by atoms with E-state index in [9.17, 15) is 4.79 Å². The number of benzene rings is 1. The highest BCUT2D eigenvalue weighted by Gasteiger charge is 2.07. The molecule has 100 valence electrons. The first-order valence-corrected chi connectivity index (χ1v) is 6.81. The zero-order valence-corrected chi connectivity index (χ0v) is 11.6. The molecule has 1 unspecified atom stereocenters. The molecule has 1 aromatic heterocycles. The molecule has 1 aromatic carbocycles. The second-order valence-electron chi connectivity index (χ2n) is 4.02. The molecule has 19 heavy (non-hydrogen) atoms. The zero-order chi connectivity index (χ0) is 13.7. The fourth-order valence-electron chi connectivity index (χ4n) is 1.60. The summed E-state index contributed by atoms with van der Waals surface area (Å²) < 4.78 is 0. The highest BCUT2D eigenvalue weighted by molar-refractivity contribution is 7.09. The molecule has 0 aliphatic rings. The Hall–Kier alpha value is -2.08. The van der Waals surface area contributed by atoms with Gasteiger partial charge in [0.1, 0.15) is 5.01 Å². The summed E-state index contributed by atoms with van der Waals surface area (Å²) in [6.07, 6.45) is 1.80. The Bertz CT molecular complexity index is 524. The van der Waals surface area contributed by atoms with E-state index in [1.54, 1.807) is 24.6 Å². The molecule has 0 aliphatic carbocycles. The van der Waals surface area contributed by atoms with Gasteiger partial charge >= 0.3 is 6.03 Å². The average Bonchev–Trinajstić information content (AvgIpc) is 2.95. The van der Waals surface area contributed by atoms with E-state index < -0.39 is 0 Å². The van der Waals surface area contributed by atoms with Crippen LogP contribution in [0.4, 0.5) is 16.2 Å². The van der Waals surface area contributed by atoms with Crippen molar-refractivity contribution in [3.05, 3.63) is 40.8 Å². The molecule has 0 saturated carbocycles. The summed E-state index contributed by atoms with van der Waals surface area (Å²) in [5.41, 5.74) is 1.75. The number of aromatic nitrogens is 1. The van der Waals surface area contributed by atoms with Gasteiger partial charge in [0.15, 0.2) is 0 Å². The van der Waals surface area contributed by atoms with Crippen molar-refractivity contribution in [3.8, 4) is 0 Å². The van der Waals surface area contributed by atoms with Crippen LogP contribution in [-0.2, 0) is 0 Å². The number of anilines is 2. The highest BCUT2D eigenvalue weighted by atomic mass is 32.1. The monoisotopic (exact) mass is 276 g/mol. The molecule has 0 spiro atoms. The number of carbonyl (C=O) groups excluding carboxylic acids is 1. The third kappa shape index (κ3) is 3.69. The Balaban J connectivity index is 1.97. The maximum Gasteiger partial charge on any atom is 0.318 e. The van der Waals surface area contributed by atoms with Gasteiger partial charge in [-0.15, -0.1) is 11.3 Å². The number of hydrogen-bond donors (Lipinski definition) is 3.